The topological polar surface area (TPSA) is 83.5 Å². The highest BCUT2D eigenvalue weighted by atomic mass is 16.7. The summed E-state index contributed by atoms with van der Waals surface area (Å²) in [5.74, 6) is 0.950. The highest BCUT2D eigenvalue weighted by molar-refractivity contribution is 6.00. The molecule has 0 saturated carbocycles. The van der Waals surface area contributed by atoms with Gasteiger partial charge in [-0.2, -0.15) is 0 Å². The second kappa shape index (κ2) is 9.60. The summed E-state index contributed by atoms with van der Waals surface area (Å²) in [4.78, 5) is 12.2. The molecule has 0 aliphatic carbocycles. The number of carbonyl (C=O) groups excluding carboxylic acids is 1. The largest absolute Gasteiger partial charge is 0.496 e. The van der Waals surface area contributed by atoms with Crippen molar-refractivity contribution in [3.05, 3.63) is 17.2 Å². The number of benzene rings is 1. The van der Waals surface area contributed by atoms with E-state index in [0.717, 1.165) is 0 Å². The van der Waals surface area contributed by atoms with Crippen LogP contribution in [0, 0.1) is 0 Å². The molecule has 0 fully saturated rings. The first kappa shape index (κ1) is 21.2. The van der Waals surface area contributed by atoms with Gasteiger partial charge < -0.3 is 28.8 Å². The maximum absolute atomic E-state index is 12.2. The number of carbonyl (C=O) groups is 1. The quantitative estimate of drug-likeness (QED) is 0.482. The lowest BCUT2D eigenvalue weighted by molar-refractivity contribution is 0.0424. The van der Waals surface area contributed by atoms with Crippen LogP contribution >= 0.6 is 0 Å². The van der Waals surface area contributed by atoms with Crippen molar-refractivity contribution in [2.75, 3.05) is 34.9 Å². The fourth-order valence-corrected chi connectivity index (χ4v) is 2.34. The van der Waals surface area contributed by atoms with Crippen molar-refractivity contribution in [1.82, 2.24) is 0 Å². The summed E-state index contributed by atoms with van der Waals surface area (Å²) in [5.41, 5.74) is 0.0881. The third kappa shape index (κ3) is 6.19. The van der Waals surface area contributed by atoms with Gasteiger partial charge in [0.1, 0.15) is 22.8 Å². The Balaban J connectivity index is 3.50. The first-order valence-electron chi connectivity index (χ1n) is 7.95. The van der Waals surface area contributed by atoms with Gasteiger partial charge >= 0.3 is 0 Å². The van der Waals surface area contributed by atoms with Crippen LogP contribution in [-0.4, -0.2) is 51.4 Å². The molecule has 1 aromatic rings. The average Bonchev–Trinajstić information content (AvgIpc) is 2.54. The maximum atomic E-state index is 12.2. The molecule has 1 N–H and O–H groups in total. The molecular weight excluding hydrogens is 328 g/mol. The Labute approximate surface area is 148 Å². The molecular formula is C18H28O7. The van der Waals surface area contributed by atoms with Crippen LogP contribution in [0.5, 0.6) is 17.2 Å². The first-order chi connectivity index (χ1) is 11.7. The number of ether oxygens (including phenoxy) is 5. The van der Waals surface area contributed by atoms with Gasteiger partial charge in [0.15, 0.2) is 19.4 Å². The lowest BCUT2D eigenvalue weighted by Crippen LogP contribution is -2.20. The van der Waals surface area contributed by atoms with Gasteiger partial charge in [0, 0.05) is 25.8 Å². The zero-order valence-electron chi connectivity index (χ0n) is 15.8. The number of rotatable bonds is 11. The Morgan fingerprint density at radius 3 is 2.16 bits per heavy atom. The van der Waals surface area contributed by atoms with Crippen molar-refractivity contribution in [1.29, 1.82) is 0 Å². The second-order valence-corrected chi connectivity index (χ2v) is 6.23. The standard InChI is InChI=1S/C18H28O7/c1-12(19)16-15(23-6)9-14(24-10-21-4)13(7-8-18(2,3)20)17(16)25-11-22-5/h9,20H,7-8,10-11H2,1-6H3. The molecule has 25 heavy (non-hydrogen) atoms. The molecule has 0 spiro atoms. The summed E-state index contributed by atoms with van der Waals surface area (Å²) >= 11 is 0. The molecule has 0 atom stereocenters. The van der Waals surface area contributed by atoms with Crippen molar-refractivity contribution >= 4 is 5.78 Å². The van der Waals surface area contributed by atoms with Gasteiger partial charge in [-0.3, -0.25) is 4.79 Å². The van der Waals surface area contributed by atoms with Gasteiger partial charge in [0.2, 0.25) is 0 Å². The van der Waals surface area contributed by atoms with Crippen molar-refractivity contribution in [2.45, 2.75) is 39.2 Å². The Kier molecular flexibility index (Phi) is 8.15. The molecule has 0 heterocycles. The molecule has 0 aliphatic heterocycles. The van der Waals surface area contributed by atoms with Crippen LogP contribution < -0.4 is 14.2 Å². The number of aliphatic hydroxyl groups is 1. The SMILES string of the molecule is COCOc1cc(OC)c(C(C)=O)c(OCOC)c1CCC(C)(C)O. The van der Waals surface area contributed by atoms with E-state index < -0.39 is 5.60 Å². The van der Waals surface area contributed by atoms with E-state index in [0.29, 0.717) is 41.2 Å². The van der Waals surface area contributed by atoms with E-state index >= 15 is 0 Å². The van der Waals surface area contributed by atoms with Crippen molar-refractivity contribution < 1.29 is 33.6 Å². The van der Waals surface area contributed by atoms with Crippen LogP contribution in [-0.2, 0) is 15.9 Å². The minimum atomic E-state index is -0.882. The van der Waals surface area contributed by atoms with Crippen molar-refractivity contribution in [3.8, 4) is 17.2 Å². The normalized spacial score (nSPS) is 11.3. The molecule has 0 aromatic heterocycles. The smallest absolute Gasteiger partial charge is 0.188 e. The number of hydrogen-bond acceptors (Lipinski definition) is 7. The molecule has 0 bridgehead atoms. The summed E-state index contributed by atoms with van der Waals surface area (Å²) in [7, 11) is 4.48. The Hall–Kier alpha value is -1.83. The molecule has 0 saturated heterocycles. The van der Waals surface area contributed by atoms with Gasteiger partial charge in [-0.25, -0.2) is 0 Å². The van der Waals surface area contributed by atoms with Crippen LogP contribution in [0.15, 0.2) is 6.07 Å². The molecule has 142 valence electrons. The Morgan fingerprint density at radius 1 is 1.08 bits per heavy atom. The summed E-state index contributed by atoms with van der Waals surface area (Å²) in [6, 6.07) is 1.63. The van der Waals surface area contributed by atoms with Crippen molar-refractivity contribution in [3.63, 3.8) is 0 Å². The molecule has 0 aliphatic rings. The first-order valence-corrected chi connectivity index (χ1v) is 7.95. The third-order valence-electron chi connectivity index (χ3n) is 3.52. The third-order valence-corrected chi connectivity index (χ3v) is 3.52. The fraction of sp³-hybridized carbons (Fsp3) is 0.611. The van der Waals surface area contributed by atoms with E-state index in [2.05, 4.69) is 0 Å². The van der Waals surface area contributed by atoms with Gasteiger partial charge in [0.25, 0.3) is 0 Å². The summed E-state index contributed by atoms with van der Waals surface area (Å²) in [6.07, 6.45) is 0.884. The molecule has 0 amide bonds. The highest BCUT2D eigenvalue weighted by Gasteiger charge is 2.25. The monoisotopic (exact) mass is 356 g/mol. The van der Waals surface area contributed by atoms with Crippen molar-refractivity contribution in [2.24, 2.45) is 0 Å². The van der Waals surface area contributed by atoms with Crippen LogP contribution in [0.1, 0.15) is 43.1 Å². The molecule has 0 unspecified atom stereocenters. The highest BCUT2D eigenvalue weighted by Crippen LogP contribution is 2.41. The molecule has 1 rings (SSSR count). The summed E-state index contributed by atoms with van der Waals surface area (Å²) in [6.45, 7) is 4.86. The molecule has 7 nitrogen and oxygen atoms in total. The number of Topliss-reactive ketones (excluding diaryl/α,β-unsaturated/α-hetero) is 1. The lowest BCUT2D eigenvalue weighted by Gasteiger charge is -2.23. The molecule has 0 radical (unpaired) electrons. The Bertz CT molecular complexity index is 576. The Morgan fingerprint density at radius 2 is 1.68 bits per heavy atom. The molecule has 1 aromatic carbocycles. The van der Waals surface area contributed by atoms with Crippen LogP contribution in [0.2, 0.25) is 0 Å². The van der Waals surface area contributed by atoms with E-state index in [1.807, 2.05) is 0 Å². The van der Waals surface area contributed by atoms with E-state index in [-0.39, 0.29) is 19.4 Å². The number of ketones is 1. The van der Waals surface area contributed by atoms with Crippen LogP contribution in [0.3, 0.4) is 0 Å². The van der Waals surface area contributed by atoms with Gasteiger partial charge in [-0.15, -0.1) is 0 Å². The minimum Gasteiger partial charge on any atom is -0.496 e. The van der Waals surface area contributed by atoms with Crippen LogP contribution in [0.25, 0.3) is 0 Å². The average molecular weight is 356 g/mol. The number of methoxy groups -OCH3 is 3. The van der Waals surface area contributed by atoms with Gasteiger partial charge in [0.05, 0.1) is 12.7 Å². The predicted octanol–water partition coefficient (Wildman–Crippen LogP) is 2.57. The molecule has 7 heteroatoms. The minimum absolute atomic E-state index is 0.0296. The number of hydrogen-bond donors (Lipinski definition) is 1. The zero-order valence-corrected chi connectivity index (χ0v) is 15.8. The summed E-state index contributed by atoms with van der Waals surface area (Å²) in [5, 5.41) is 10.1. The zero-order chi connectivity index (χ0) is 19.0. The predicted molar refractivity (Wildman–Crippen MR) is 92.6 cm³/mol. The van der Waals surface area contributed by atoms with Gasteiger partial charge in [-0.1, -0.05) is 0 Å². The summed E-state index contributed by atoms with van der Waals surface area (Å²) < 4.78 is 26.6. The lowest BCUT2D eigenvalue weighted by atomic mass is 9.95. The van der Waals surface area contributed by atoms with E-state index in [4.69, 9.17) is 23.7 Å². The van der Waals surface area contributed by atoms with Gasteiger partial charge in [-0.05, 0) is 33.6 Å². The second-order valence-electron chi connectivity index (χ2n) is 6.23. The maximum Gasteiger partial charge on any atom is 0.188 e. The van der Waals surface area contributed by atoms with E-state index in [1.54, 1.807) is 19.9 Å². The fourth-order valence-electron chi connectivity index (χ4n) is 2.34. The van der Waals surface area contributed by atoms with E-state index in [9.17, 15) is 9.90 Å². The van der Waals surface area contributed by atoms with E-state index in [1.165, 1.54) is 28.3 Å². The van der Waals surface area contributed by atoms with Crippen LogP contribution in [0.4, 0.5) is 0 Å².